The topological polar surface area (TPSA) is 46.6 Å². The first-order valence-electron chi connectivity index (χ1n) is 7.25. The maximum absolute atomic E-state index is 13.1. The van der Waals surface area contributed by atoms with Crippen molar-refractivity contribution in [2.24, 2.45) is 5.92 Å². The SMILES string of the molecule is CCOC(=O)C1CCN(C(=O)c2ccc(F)cc2C)CC1. The summed E-state index contributed by atoms with van der Waals surface area (Å²) in [6.45, 7) is 4.94. The first kappa shape index (κ1) is 15.5. The van der Waals surface area contributed by atoms with Crippen LogP contribution in [0.25, 0.3) is 0 Å². The lowest BCUT2D eigenvalue weighted by molar-refractivity contribution is -0.149. The van der Waals surface area contributed by atoms with E-state index in [-0.39, 0.29) is 23.6 Å². The van der Waals surface area contributed by atoms with Crippen LogP contribution < -0.4 is 0 Å². The molecule has 1 aliphatic rings. The number of hydrogen-bond donors (Lipinski definition) is 0. The molecule has 2 rings (SSSR count). The van der Waals surface area contributed by atoms with E-state index in [0.29, 0.717) is 43.7 Å². The quantitative estimate of drug-likeness (QED) is 0.805. The molecule has 1 saturated heterocycles. The number of piperidine rings is 1. The Morgan fingerprint density at radius 1 is 1.33 bits per heavy atom. The molecular formula is C16H20FNO3. The molecule has 0 spiro atoms. The summed E-state index contributed by atoms with van der Waals surface area (Å²) in [5.41, 5.74) is 1.15. The maximum Gasteiger partial charge on any atom is 0.309 e. The zero-order valence-electron chi connectivity index (χ0n) is 12.4. The van der Waals surface area contributed by atoms with Crippen molar-refractivity contribution in [1.29, 1.82) is 0 Å². The van der Waals surface area contributed by atoms with Crippen LogP contribution in [0.2, 0.25) is 0 Å². The predicted octanol–water partition coefficient (Wildman–Crippen LogP) is 2.55. The molecule has 1 aliphatic heterocycles. The van der Waals surface area contributed by atoms with Crippen LogP contribution in [-0.2, 0) is 9.53 Å². The van der Waals surface area contributed by atoms with Gasteiger partial charge >= 0.3 is 5.97 Å². The van der Waals surface area contributed by atoms with Crippen molar-refractivity contribution in [2.75, 3.05) is 19.7 Å². The van der Waals surface area contributed by atoms with Gasteiger partial charge in [0.25, 0.3) is 5.91 Å². The summed E-state index contributed by atoms with van der Waals surface area (Å²) in [6.07, 6.45) is 1.23. The van der Waals surface area contributed by atoms with Crippen LogP contribution in [0.1, 0.15) is 35.7 Å². The van der Waals surface area contributed by atoms with Gasteiger partial charge in [0, 0.05) is 18.7 Å². The fourth-order valence-electron chi connectivity index (χ4n) is 2.62. The number of carbonyl (C=O) groups excluding carboxylic acids is 2. The van der Waals surface area contributed by atoms with E-state index in [1.807, 2.05) is 0 Å². The van der Waals surface area contributed by atoms with Crippen molar-refractivity contribution in [3.05, 3.63) is 35.1 Å². The number of nitrogens with zero attached hydrogens (tertiary/aromatic N) is 1. The normalized spacial score (nSPS) is 15.9. The van der Waals surface area contributed by atoms with Gasteiger partial charge in [-0.2, -0.15) is 0 Å². The number of rotatable bonds is 3. The number of benzene rings is 1. The van der Waals surface area contributed by atoms with Crippen LogP contribution in [0, 0.1) is 18.7 Å². The van der Waals surface area contributed by atoms with Crippen LogP contribution in [0.3, 0.4) is 0 Å². The van der Waals surface area contributed by atoms with E-state index in [2.05, 4.69) is 0 Å². The van der Waals surface area contributed by atoms with Crippen LogP contribution in [-0.4, -0.2) is 36.5 Å². The molecule has 0 saturated carbocycles. The number of amides is 1. The van der Waals surface area contributed by atoms with Crippen LogP contribution in [0.5, 0.6) is 0 Å². The molecule has 21 heavy (non-hydrogen) atoms. The molecule has 0 aromatic heterocycles. The largest absolute Gasteiger partial charge is 0.466 e. The van der Waals surface area contributed by atoms with Crippen molar-refractivity contribution in [3.8, 4) is 0 Å². The number of likely N-dealkylation sites (tertiary alicyclic amines) is 1. The highest BCUT2D eigenvalue weighted by atomic mass is 19.1. The van der Waals surface area contributed by atoms with E-state index >= 15 is 0 Å². The summed E-state index contributed by atoms with van der Waals surface area (Å²) in [5.74, 6) is -0.745. The highest BCUT2D eigenvalue weighted by Gasteiger charge is 2.29. The Bertz CT molecular complexity index is 536. The fourth-order valence-corrected chi connectivity index (χ4v) is 2.62. The summed E-state index contributed by atoms with van der Waals surface area (Å²) in [4.78, 5) is 25.8. The lowest BCUT2D eigenvalue weighted by Crippen LogP contribution is -2.40. The zero-order valence-corrected chi connectivity index (χ0v) is 12.4. The molecule has 0 aliphatic carbocycles. The Morgan fingerprint density at radius 3 is 2.57 bits per heavy atom. The molecule has 1 aromatic carbocycles. The van der Waals surface area contributed by atoms with Crippen molar-refractivity contribution >= 4 is 11.9 Å². The average Bonchev–Trinajstić information content (AvgIpc) is 2.47. The van der Waals surface area contributed by atoms with Gasteiger partial charge in [0.15, 0.2) is 0 Å². The van der Waals surface area contributed by atoms with Crippen molar-refractivity contribution < 1.29 is 18.7 Å². The fraction of sp³-hybridized carbons (Fsp3) is 0.500. The molecule has 1 fully saturated rings. The molecule has 1 aromatic rings. The monoisotopic (exact) mass is 293 g/mol. The highest BCUT2D eigenvalue weighted by molar-refractivity contribution is 5.95. The molecule has 0 atom stereocenters. The molecule has 4 nitrogen and oxygen atoms in total. The van der Waals surface area contributed by atoms with E-state index < -0.39 is 0 Å². The number of ether oxygens (including phenoxy) is 1. The average molecular weight is 293 g/mol. The molecule has 114 valence electrons. The van der Waals surface area contributed by atoms with Gasteiger partial charge in [-0.05, 0) is 50.5 Å². The maximum atomic E-state index is 13.1. The summed E-state index contributed by atoms with van der Waals surface area (Å²) in [5, 5.41) is 0. The Kier molecular flexibility index (Phi) is 4.94. The van der Waals surface area contributed by atoms with Gasteiger partial charge in [0.1, 0.15) is 5.82 Å². The highest BCUT2D eigenvalue weighted by Crippen LogP contribution is 2.21. The zero-order chi connectivity index (χ0) is 15.4. The number of aryl methyl sites for hydroxylation is 1. The van der Waals surface area contributed by atoms with E-state index in [1.165, 1.54) is 18.2 Å². The van der Waals surface area contributed by atoms with Gasteiger partial charge in [-0.25, -0.2) is 4.39 Å². The minimum absolute atomic E-state index is 0.102. The molecule has 0 radical (unpaired) electrons. The molecule has 0 bridgehead atoms. The third-order valence-electron chi connectivity index (χ3n) is 3.82. The number of esters is 1. The van der Waals surface area contributed by atoms with Gasteiger partial charge < -0.3 is 9.64 Å². The lowest BCUT2D eigenvalue weighted by atomic mass is 9.96. The second-order valence-corrected chi connectivity index (χ2v) is 5.28. The molecule has 1 amide bonds. The first-order chi connectivity index (χ1) is 10.0. The Labute approximate surface area is 123 Å². The summed E-state index contributed by atoms with van der Waals surface area (Å²) in [7, 11) is 0. The van der Waals surface area contributed by atoms with Gasteiger partial charge in [-0.1, -0.05) is 0 Å². The minimum atomic E-state index is -0.343. The number of halogens is 1. The molecule has 0 unspecified atom stereocenters. The molecule has 1 heterocycles. The Hall–Kier alpha value is -1.91. The van der Waals surface area contributed by atoms with Gasteiger partial charge in [-0.15, -0.1) is 0 Å². The second-order valence-electron chi connectivity index (χ2n) is 5.28. The Morgan fingerprint density at radius 2 is 2.00 bits per heavy atom. The van der Waals surface area contributed by atoms with E-state index in [9.17, 15) is 14.0 Å². The Balaban J connectivity index is 1.98. The van der Waals surface area contributed by atoms with Crippen molar-refractivity contribution in [1.82, 2.24) is 4.90 Å². The second kappa shape index (κ2) is 6.70. The smallest absolute Gasteiger partial charge is 0.309 e. The summed E-state index contributed by atoms with van der Waals surface area (Å²) < 4.78 is 18.1. The minimum Gasteiger partial charge on any atom is -0.466 e. The van der Waals surface area contributed by atoms with E-state index in [1.54, 1.807) is 18.7 Å². The van der Waals surface area contributed by atoms with Crippen LogP contribution in [0.4, 0.5) is 4.39 Å². The van der Waals surface area contributed by atoms with Crippen molar-refractivity contribution in [2.45, 2.75) is 26.7 Å². The lowest BCUT2D eigenvalue weighted by Gasteiger charge is -2.31. The molecule has 5 heteroatoms. The van der Waals surface area contributed by atoms with Gasteiger partial charge in [0.05, 0.1) is 12.5 Å². The number of carbonyl (C=O) groups is 2. The third-order valence-corrected chi connectivity index (χ3v) is 3.82. The van der Waals surface area contributed by atoms with E-state index in [4.69, 9.17) is 4.74 Å². The summed E-state index contributed by atoms with van der Waals surface area (Å²) >= 11 is 0. The molecule has 0 N–H and O–H groups in total. The standard InChI is InChI=1S/C16H20FNO3/c1-3-21-16(20)12-6-8-18(9-7-12)15(19)14-5-4-13(17)10-11(14)2/h4-5,10,12H,3,6-9H2,1-2H3. The predicted molar refractivity (Wildman–Crippen MR) is 76.4 cm³/mol. The van der Waals surface area contributed by atoms with Gasteiger partial charge in [-0.3, -0.25) is 9.59 Å². The van der Waals surface area contributed by atoms with Gasteiger partial charge in [0.2, 0.25) is 0 Å². The summed E-state index contributed by atoms with van der Waals surface area (Å²) in [6, 6.07) is 4.18. The van der Waals surface area contributed by atoms with Crippen LogP contribution in [0.15, 0.2) is 18.2 Å². The van der Waals surface area contributed by atoms with Crippen molar-refractivity contribution in [3.63, 3.8) is 0 Å². The van der Waals surface area contributed by atoms with E-state index in [0.717, 1.165) is 0 Å². The molecular weight excluding hydrogens is 273 g/mol. The first-order valence-corrected chi connectivity index (χ1v) is 7.25. The number of hydrogen-bond acceptors (Lipinski definition) is 3. The third kappa shape index (κ3) is 3.60. The van der Waals surface area contributed by atoms with Crippen LogP contribution >= 0.6 is 0 Å².